The number of sulfone groups is 1. The van der Waals surface area contributed by atoms with E-state index in [0.29, 0.717) is 0 Å². The van der Waals surface area contributed by atoms with E-state index in [1.165, 1.54) is 17.4 Å². The lowest BCUT2D eigenvalue weighted by atomic mass is 9.97. The second-order valence-corrected chi connectivity index (χ2v) is 7.52. The van der Waals surface area contributed by atoms with Crippen LogP contribution in [0.25, 0.3) is 0 Å². The van der Waals surface area contributed by atoms with Gasteiger partial charge in [-0.25, -0.2) is 8.42 Å². The molecule has 0 saturated carbocycles. The van der Waals surface area contributed by atoms with Gasteiger partial charge in [0, 0.05) is 12.3 Å². The molecule has 114 valence electrons. The van der Waals surface area contributed by atoms with Gasteiger partial charge in [-0.05, 0) is 42.5 Å². The SMILES string of the molecule is CCCNC(CS(C)(=O)=O)c1ccc(CC)c(CC)c1. The molecule has 4 heteroatoms. The summed E-state index contributed by atoms with van der Waals surface area (Å²) in [6.45, 7) is 7.21. The van der Waals surface area contributed by atoms with Crippen molar-refractivity contribution in [3.63, 3.8) is 0 Å². The van der Waals surface area contributed by atoms with Crippen molar-refractivity contribution in [1.82, 2.24) is 5.32 Å². The minimum absolute atomic E-state index is 0.110. The summed E-state index contributed by atoms with van der Waals surface area (Å²) in [7, 11) is -3.00. The molecule has 1 aromatic carbocycles. The fourth-order valence-corrected chi connectivity index (χ4v) is 3.35. The Morgan fingerprint density at radius 2 is 1.75 bits per heavy atom. The summed E-state index contributed by atoms with van der Waals surface area (Å²) < 4.78 is 23.2. The average molecular weight is 297 g/mol. The maximum absolute atomic E-state index is 11.6. The molecule has 3 nitrogen and oxygen atoms in total. The van der Waals surface area contributed by atoms with Gasteiger partial charge in [0.15, 0.2) is 0 Å². The summed E-state index contributed by atoms with van der Waals surface area (Å²) in [5.41, 5.74) is 3.75. The molecular weight excluding hydrogens is 270 g/mol. The molecule has 1 aromatic rings. The van der Waals surface area contributed by atoms with E-state index in [9.17, 15) is 8.42 Å². The van der Waals surface area contributed by atoms with E-state index in [-0.39, 0.29) is 11.8 Å². The molecule has 0 heterocycles. The third-order valence-corrected chi connectivity index (χ3v) is 4.44. The Morgan fingerprint density at radius 1 is 1.10 bits per heavy atom. The molecule has 0 radical (unpaired) electrons. The average Bonchev–Trinajstić information content (AvgIpc) is 2.41. The summed E-state index contributed by atoms with van der Waals surface area (Å²) in [6.07, 6.45) is 4.29. The first kappa shape index (κ1) is 17.2. The summed E-state index contributed by atoms with van der Waals surface area (Å²) >= 11 is 0. The molecule has 20 heavy (non-hydrogen) atoms. The van der Waals surface area contributed by atoms with E-state index >= 15 is 0 Å². The first-order valence-corrected chi connectivity index (χ1v) is 9.50. The smallest absolute Gasteiger partial charge is 0.149 e. The predicted molar refractivity (Wildman–Crippen MR) is 85.9 cm³/mol. The normalized spacial score (nSPS) is 13.4. The summed E-state index contributed by atoms with van der Waals surface area (Å²) in [6, 6.07) is 6.26. The quantitative estimate of drug-likeness (QED) is 0.802. The van der Waals surface area contributed by atoms with Crippen LogP contribution in [0.1, 0.15) is 49.9 Å². The molecule has 0 aliphatic rings. The van der Waals surface area contributed by atoms with E-state index < -0.39 is 9.84 Å². The predicted octanol–water partition coefficient (Wildman–Crippen LogP) is 2.90. The molecule has 0 amide bonds. The van der Waals surface area contributed by atoms with E-state index in [4.69, 9.17) is 0 Å². The van der Waals surface area contributed by atoms with Gasteiger partial charge in [0.1, 0.15) is 9.84 Å². The monoisotopic (exact) mass is 297 g/mol. The van der Waals surface area contributed by atoms with Gasteiger partial charge in [0.2, 0.25) is 0 Å². The molecular formula is C16H27NO2S. The fourth-order valence-electron chi connectivity index (χ4n) is 2.43. The van der Waals surface area contributed by atoms with Crippen LogP contribution in [-0.2, 0) is 22.7 Å². The molecule has 1 rings (SSSR count). The van der Waals surface area contributed by atoms with Gasteiger partial charge in [0.05, 0.1) is 5.75 Å². The molecule has 0 bridgehead atoms. The standard InChI is InChI=1S/C16H27NO2S/c1-5-10-17-16(12-20(4,18)19)15-9-8-13(6-2)14(7-3)11-15/h8-9,11,16-17H,5-7,10,12H2,1-4H3. The van der Waals surface area contributed by atoms with Crippen molar-refractivity contribution in [3.8, 4) is 0 Å². The number of nitrogens with one attached hydrogen (secondary N) is 1. The van der Waals surface area contributed by atoms with Crippen molar-refractivity contribution in [2.75, 3.05) is 18.6 Å². The van der Waals surface area contributed by atoms with Crippen LogP contribution in [-0.4, -0.2) is 27.0 Å². The Balaban J connectivity index is 3.06. The first-order valence-electron chi connectivity index (χ1n) is 7.44. The van der Waals surface area contributed by atoms with Gasteiger partial charge in [-0.2, -0.15) is 0 Å². The second kappa shape index (κ2) is 7.79. The zero-order valence-corrected chi connectivity index (χ0v) is 13.9. The van der Waals surface area contributed by atoms with Crippen molar-refractivity contribution < 1.29 is 8.42 Å². The Kier molecular flexibility index (Phi) is 6.69. The van der Waals surface area contributed by atoms with Gasteiger partial charge < -0.3 is 5.32 Å². The number of aryl methyl sites for hydroxylation is 2. The minimum atomic E-state index is -3.00. The lowest BCUT2D eigenvalue weighted by Gasteiger charge is -2.20. The molecule has 0 aliphatic heterocycles. The number of benzene rings is 1. The Hall–Kier alpha value is -0.870. The van der Waals surface area contributed by atoms with Gasteiger partial charge in [-0.3, -0.25) is 0 Å². The zero-order valence-electron chi connectivity index (χ0n) is 13.1. The van der Waals surface area contributed by atoms with Crippen LogP contribution < -0.4 is 5.32 Å². The maximum Gasteiger partial charge on any atom is 0.149 e. The second-order valence-electron chi connectivity index (χ2n) is 5.33. The topological polar surface area (TPSA) is 46.2 Å². The molecule has 0 fully saturated rings. The lowest BCUT2D eigenvalue weighted by Crippen LogP contribution is -2.28. The number of rotatable bonds is 8. The highest BCUT2D eigenvalue weighted by atomic mass is 32.2. The van der Waals surface area contributed by atoms with E-state index in [0.717, 1.165) is 31.4 Å². The van der Waals surface area contributed by atoms with Gasteiger partial charge >= 0.3 is 0 Å². The van der Waals surface area contributed by atoms with E-state index in [1.807, 2.05) is 0 Å². The number of hydrogen-bond donors (Lipinski definition) is 1. The van der Waals surface area contributed by atoms with Crippen LogP contribution in [0.3, 0.4) is 0 Å². The molecule has 0 spiro atoms. The number of hydrogen-bond acceptors (Lipinski definition) is 3. The lowest BCUT2D eigenvalue weighted by molar-refractivity contribution is 0.549. The van der Waals surface area contributed by atoms with Crippen molar-refractivity contribution in [2.45, 2.75) is 46.1 Å². The van der Waals surface area contributed by atoms with Crippen LogP contribution in [0.15, 0.2) is 18.2 Å². The summed E-state index contributed by atoms with van der Waals surface area (Å²) in [5, 5.41) is 3.35. The largest absolute Gasteiger partial charge is 0.309 e. The summed E-state index contributed by atoms with van der Waals surface area (Å²) in [4.78, 5) is 0. The minimum Gasteiger partial charge on any atom is -0.309 e. The van der Waals surface area contributed by atoms with Crippen LogP contribution in [0.5, 0.6) is 0 Å². The van der Waals surface area contributed by atoms with Crippen molar-refractivity contribution in [3.05, 3.63) is 34.9 Å². The van der Waals surface area contributed by atoms with Gasteiger partial charge in [0.25, 0.3) is 0 Å². The van der Waals surface area contributed by atoms with Crippen molar-refractivity contribution in [1.29, 1.82) is 0 Å². The zero-order chi connectivity index (χ0) is 15.2. The van der Waals surface area contributed by atoms with Crippen LogP contribution >= 0.6 is 0 Å². The van der Waals surface area contributed by atoms with Crippen LogP contribution in [0, 0.1) is 0 Å². The van der Waals surface area contributed by atoms with E-state index in [1.54, 1.807) is 0 Å². The first-order chi connectivity index (χ1) is 9.41. The Bertz CT molecular complexity index is 523. The van der Waals surface area contributed by atoms with Gasteiger partial charge in [-0.15, -0.1) is 0 Å². The Morgan fingerprint density at radius 3 is 2.25 bits per heavy atom. The van der Waals surface area contributed by atoms with Crippen LogP contribution in [0.2, 0.25) is 0 Å². The van der Waals surface area contributed by atoms with Crippen molar-refractivity contribution in [2.24, 2.45) is 0 Å². The third-order valence-electron chi connectivity index (χ3n) is 3.50. The van der Waals surface area contributed by atoms with Gasteiger partial charge in [-0.1, -0.05) is 39.0 Å². The maximum atomic E-state index is 11.6. The highest BCUT2D eigenvalue weighted by Crippen LogP contribution is 2.20. The molecule has 0 saturated heterocycles. The van der Waals surface area contributed by atoms with E-state index in [2.05, 4.69) is 44.3 Å². The fraction of sp³-hybridized carbons (Fsp3) is 0.625. The molecule has 1 N–H and O–H groups in total. The highest BCUT2D eigenvalue weighted by Gasteiger charge is 2.17. The Labute approximate surface area is 123 Å². The molecule has 1 atom stereocenters. The third kappa shape index (κ3) is 5.25. The molecule has 1 unspecified atom stereocenters. The molecule has 0 aromatic heterocycles. The highest BCUT2D eigenvalue weighted by molar-refractivity contribution is 7.90. The van der Waals surface area contributed by atoms with Crippen molar-refractivity contribution >= 4 is 9.84 Å². The summed E-state index contributed by atoms with van der Waals surface area (Å²) in [5.74, 6) is 0.154. The van der Waals surface area contributed by atoms with Crippen LogP contribution in [0.4, 0.5) is 0 Å². The molecule has 0 aliphatic carbocycles.